The predicted octanol–water partition coefficient (Wildman–Crippen LogP) is 3.72. The summed E-state index contributed by atoms with van der Waals surface area (Å²) in [5, 5.41) is 13.9. The number of rotatable bonds is 10. The average Bonchev–Trinajstić information content (AvgIpc) is 2.49. The molecule has 1 aromatic carbocycles. The van der Waals surface area contributed by atoms with Crippen LogP contribution in [0.4, 0.5) is 0 Å². The van der Waals surface area contributed by atoms with Gasteiger partial charge in [-0.1, -0.05) is 61.6 Å². The van der Waals surface area contributed by atoms with Gasteiger partial charge in [0.1, 0.15) is 19.3 Å². The molecule has 126 valence electrons. The number of alkyl halides is 2. The molecule has 0 fully saturated rings. The zero-order chi connectivity index (χ0) is 16.5. The molecule has 2 unspecified atom stereocenters. The Bertz CT molecular complexity index is 446. The van der Waals surface area contributed by atoms with E-state index < -0.39 is 6.10 Å². The second-order valence-corrected chi connectivity index (χ2v) is 8.04. The summed E-state index contributed by atoms with van der Waals surface area (Å²) < 4.78 is 12.4. The number of aliphatic hydroxyl groups is 1. The van der Waals surface area contributed by atoms with E-state index in [9.17, 15) is 5.11 Å². The Labute approximate surface area is 157 Å². The molecule has 0 aliphatic heterocycles. The summed E-state index contributed by atoms with van der Waals surface area (Å²) in [6, 6.07) is 5.92. The highest BCUT2D eigenvalue weighted by atomic mass is 79.9. The zero-order valence-electron chi connectivity index (χ0n) is 12.7. The summed E-state index contributed by atoms with van der Waals surface area (Å²) >= 11 is 10.3. The van der Waals surface area contributed by atoms with Gasteiger partial charge in [0, 0.05) is 22.4 Å². The van der Waals surface area contributed by atoms with Gasteiger partial charge in [-0.3, -0.25) is 0 Å². The van der Waals surface area contributed by atoms with E-state index in [0.29, 0.717) is 30.7 Å². The molecular formula is C15H22Br3NO3. The van der Waals surface area contributed by atoms with Gasteiger partial charge in [-0.2, -0.15) is 0 Å². The maximum absolute atomic E-state index is 9.91. The average molecular weight is 504 g/mol. The van der Waals surface area contributed by atoms with Crippen molar-refractivity contribution in [1.29, 1.82) is 0 Å². The Hall–Kier alpha value is 0.180. The summed E-state index contributed by atoms with van der Waals surface area (Å²) in [7, 11) is 0. The van der Waals surface area contributed by atoms with Crippen LogP contribution in [0.5, 0.6) is 11.5 Å². The van der Waals surface area contributed by atoms with Gasteiger partial charge in [0.2, 0.25) is 0 Å². The number of hydrogen-bond donors (Lipinski definition) is 2. The van der Waals surface area contributed by atoms with E-state index in [1.165, 1.54) is 0 Å². The highest BCUT2D eigenvalue weighted by Crippen LogP contribution is 2.31. The SMILES string of the molecule is CC(C)NCC(O)COc1ccc(Br)cc1OCC(Br)CBr. The number of benzene rings is 1. The van der Waals surface area contributed by atoms with Crippen LogP contribution in [0.2, 0.25) is 0 Å². The fraction of sp³-hybridized carbons (Fsp3) is 0.600. The predicted molar refractivity (Wildman–Crippen MR) is 101 cm³/mol. The van der Waals surface area contributed by atoms with E-state index in [1.807, 2.05) is 32.0 Å². The van der Waals surface area contributed by atoms with Crippen molar-refractivity contribution in [1.82, 2.24) is 5.32 Å². The Morgan fingerprint density at radius 2 is 1.86 bits per heavy atom. The Balaban J connectivity index is 2.57. The van der Waals surface area contributed by atoms with Gasteiger partial charge >= 0.3 is 0 Å². The molecule has 2 N–H and O–H groups in total. The lowest BCUT2D eigenvalue weighted by Crippen LogP contribution is -2.35. The van der Waals surface area contributed by atoms with Gasteiger partial charge < -0.3 is 19.9 Å². The maximum atomic E-state index is 9.91. The van der Waals surface area contributed by atoms with Crippen LogP contribution in [0.3, 0.4) is 0 Å². The first kappa shape index (κ1) is 20.2. The molecule has 2 atom stereocenters. The monoisotopic (exact) mass is 501 g/mol. The molecule has 1 rings (SSSR count). The van der Waals surface area contributed by atoms with E-state index in [1.54, 1.807) is 0 Å². The van der Waals surface area contributed by atoms with Crippen LogP contribution in [-0.4, -0.2) is 47.2 Å². The quantitative estimate of drug-likeness (QED) is 0.478. The van der Waals surface area contributed by atoms with Crippen LogP contribution < -0.4 is 14.8 Å². The molecule has 0 aromatic heterocycles. The van der Waals surface area contributed by atoms with Gasteiger partial charge in [-0.25, -0.2) is 0 Å². The summed E-state index contributed by atoms with van der Waals surface area (Å²) in [6.07, 6.45) is -0.564. The lowest BCUT2D eigenvalue weighted by molar-refractivity contribution is 0.102. The summed E-state index contributed by atoms with van der Waals surface area (Å²) in [5.74, 6) is 1.28. The molecule has 4 nitrogen and oxygen atoms in total. The minimum absolute atomic E-state index is 0.216. The third-order valence-electron chi connectivity index (χ3n) is 2.69. The lowest BCUT2D eigenvalue weighted by Gasteiger charge is -2.17. The molecule has 0 aliphatic rings. The second-order valence-electron chi connectivity index (χ2n) is 5.18. The standard InChI is InChI=1S/C15H22Br3NO3/c1-10(2)19-7-13(20)9-22-14-4-3-11(17)5-15(14)21-8-12(18)6-16/h3-5,10,12-13,19-20H,6-9H2,1-2H3. The molecule has 0 bridgehead atoms. The van der Waals surface area contributed by atoms with Gasteiger partial charge in [0.05, 0.1) is 4.83 Å². The molecule has 0 radical (unpaired) electrons. The van der Waals surface area contributed by atoms with Gasteiger partial charge in [-0.15, -0.1) is 0 Å². The molecule has 0 saturated carbocycles. The van der Waals surface area contributed by atoms with Crippen molar-refractivity contribution < 1.29 is 14.6 Å². The fourth-order valence-electron chi connectivity index (χ4n) is 1.56. The number of hydrogen-bond acceptors (Lipinski definition) is 4. The summed E-state index contributed by atoms with van der Waals surface area (Å²) in [5.41, 5.74) is 0. The summed E-state index contributed by atoms with van der Waals surface area (Å²) in [6.45, 7) is 5.31. The lowest BCUT2D eigenvalue weighted by atomic mass is 10.3. The highest BCUT2D eigenvalue weighted by molar-refractivity contribution is 9.12. The van der Waals surface area contributed by atoms with E-state index in [2.05, 4.69) is 53.1 Å². The minimum Gasteiger partial charge on any atom is -0.488 e. The van der Waals surface area contributed by atoms with Crippen LogP contribution in [0.15, 0.2) is 22.7 Å². The molecule has 0 heterocycles. The molecule has 7 heteroatoms. The van der Waals surface area contributed by atoms with Crippen LogP contribution in [0.1, 0.15) is 13.8 Å². The van der Waals surface area contributed by atoms with Crippen molar-refractivity contribution in [3.8, 4) is 11.5 Å². The van der Waals surface area contributed by atoms with Gasteiger partial charge in [0.25, 0.3) is 0 Å². The van der Waals surface area contributed by atoms with Crippen molar-refractivity contribution in [2.24, 2.45) is 0 Å². The van der Waals surface area contributed by atoms with Crippen LogP contribution in [0.25, 0.3) is 0 Å². The van der Waals surface area contributed by atoms with E-state index >= 15 is 0 Å². The van der Waals surface area contributed by atoms with Crippen LogP contribution >= 0.6 is 47.8 Å². The third kappa shape index (κ3) is 8.15. The van der Waals surface area contributed by atoms with E-state index in [-0.39, 0.29) is 11.4 Å². The number of nitrogens with one attached hydrogen (secondary N) is 1. The van der Waals surface area contributed by atoms with Gasteiger partial charge in [0.15, 0.2) is 11.5 Å². The Morgan fingerprint density at radius 1 is 1.18 bits per heavy atom. The number of halogens is 3. The topological polar surface area (TPSA) is 50.7 Å². The molecule has 0 saturated heterocycles. The van der Waals surface area contributed by atoms with E-state index in [4.69, 9.17) is 9.47 Å². The molecular weight excluding hydrogens is 482 g/mol. The van der Waals surface area contributed by atoms with Crippen molar-refractivity contribution in [2.75, 3.05) is 25.1 Å². The van der Waals surface area contributed by atoms with Crippen molar-refractivity contribution in [3.63, 3.8) is 0 Å². The van der Waals surface area contributed by atoms with Crippen molar-refractivity contribution in [3.05, 3.63) is 22.7 Å². The Morgan fingerprint density at radius 3 is 2.50 bits per heavy atom. The first-order valence-electron chi connectivity index (χ1n) is 7.09. The molecule has 0 spiro atoms. The largest absolute Gasteiger partial charge is 0.488 e. The first-order chi connectivity index (χ1) is 10.4. The van der Waals surface area contributed by atoms with E-state index in [0.717, 1.165) is 9.80 Å². The zero-order valence-corrected chi connectivity index (χ0v) is 17.4. The Kier molecular flexibility index (Phi) is 9.99. The first-order valence-corrected chi connectivity index (χ1v) is 9.92. The molecule has 22 heavy (non-hydrogen) atoms. The second kappa shape index (κ2) is 10.9. The fourth-order valence-corrected chi connectivity index (χ4v) is 2.21. The highest BCUT2D eigenvalue weighted by Gasteiger charge is 2.12. The van der Waals surface area contributed by atoms with Crippen LogP contribution in [-0.2, 0) is 0 Å². The minimum atomic E-state index is -0.564. The van der Waals surface area contributed by atoms with Gasteiger partial charge in [-0.05, 0) is 18.2 Å². The van der Waals surface area contributed by atoms with Crippen molar-refractivity contribution >= 4 is 47.8 Å². The normalized spacial score (nSPS) is 14.0. The third-order valence-corrected chi connectivity index (χ3v) is 5.42. The maximum Gasteiger partial charge on any atom is 0.162 e. The number of aliphatic hydroxyl groups excluding tert-OH is 1. The summed E-state index contributed by atoms with van der Waals surface area (Å²) in [4.78, 5) is 0.222. The molecule has 1 aromatic rings. The molecule has 0 amide bonds. The van der Waals surface area contributed by atoms with Crippen molar-refractivity contribution in [2.45, 2.75) is 30.8 Å². The van der Waals surface area contributed by atoms with Crippen LogP contribution in [0, 0.1) is 0 Å². The molecule has 0 aliphatic carbocycles. The smallest absolute Gasteiger partial charge is 0.162 e. The number of ether oxygens (including phenoxy) is 2.